The van der Waals surface area contributed by atoms with E-state index in [4.69, 9.17) is 15.6 Å². The van der Waals surface area contributed by atoms with Gasteiger partial charge in [0.1, 0.15) is 11.8 Å². The predicted octanol–water partition coefficient (Wildman–Crippen LogP) is 2.59. The van der Waals surface area contributed by atoms with Crippen molar-refractivity contribution < 1.29 is 38.9 Å². The molecule has 0 saturated heterocycles. The summed E-state index contributed by atoms with van der Waals surface area (Å²) >= 11 is 0. The average Bonchev–Trinajstić information content (AvgIpc) is 2.95. The van der Waals surface area contributed by atoms with Crippen LogP contribution >= 0.6 is 0 Å². The number of aromatic carboxylic acids is 1. The van der Waals surface area contributed by atoms with Gasteiger partial charge in [-0.05, 0) is 62.8 Å². The third kappa shape index (κ3) is 16.9. The molecule has 0 saturated carbocycles. The van der Waals surface area contributed by atoms with E-state index in [1.165, 1.54) is 19.2 Å². The molecule has 1 aromatic rings. The maximum Gasteiger partial charge on any atom is 0.335 e. The molecule has 230 valence electrons. The van der Waals surface area contributed by atoms with Crippen molar-refractivity contribution in [3.8, 4) is 5.75 Å². The molecule has 0 spiro atoms. The molecule has 3 amide bonds. The Morgan fingerprint density at radius 2 is 1.44 bits per heavy atom. The number of aliphatic carboxylic acids is 1. The monoisotopic (exact) mass is 578 g/mol. The molecular weight excluding hydrogens is 532 g/mol. The van der Waals surface area contributed by atoms with E-state index in [1.54, 1.807) is 12.1 Å². The number of carbonyl (C=O) groups excluding carboxylic acids is 3. The van der Waals surface area contributed by atoms with Crippen LogP contribution in [0.3, 0.4) is 0 Å². The Morgan fingerprint density at radius 3 is 2.05 bits per heavy atom. The maximum atomic E-state index is 12.2. The van der Waals surface area contributed by atoms with Gasteiger partial charge in [-0.3, -0.25) is 14.4 Å². The molecule has 0 aliphatic heterocycles. The first kappa shape index (κ1) is 35.4. The largest absolute Gasteiger partial charge is 0.494 e. The molecule has 7 N–H and O–H groups in total. The third-order valence-corrected chi connectivity index (χ3v) is 6.56. The number of nitrogens with one attached hydrogen (secondary N) is 3. The van der Waals surface area contributed by atoms with Crippen molar-refractivity contribution >= 4 is 29.7 Å². The molecule has 0 aliphatic rings. The van der Waals surface area contributed by atoms with Crippen LogP contribution in [0.15, 0.2) is 24.3 Å². The highest BCUT2D eigenvalue weighted by Gasteiger charge is 2.20. The molecule has 1 aromatic carbocycles. The van der Waals surface area contributed by atoms with Gasteiger partial charge in [0, 0.05) is 26.4 Å². The highest BCUT2D eigenvalue weighted by molar-refractivity contribution is 5.87. The van der Waals surface area contributed by atoms with Crippen molar-refractivity contribution in [2.45, 2.75) is 95.6 Å². The van der Waals surface area contributed by atoms with Crippen molar-refractivity contribution in [3.63, 3.8) is 0 Å². The Balaban J connectivity index is 2.06. The molecule has 41 heavy (non-hydrogen) atoms. The summed E-state index contributed by atoms with van der Waals surface area (Å²) < 4.78 is 5.62. The first-order chi connectivity index (χ1) is 19.6. The zero-order valence-electron chi connectivity index (χ0n) is 24.0. The van der Waals surface area contributed by atoms with Crippen LogP contribution in [0.5, 0.6) is 5.75 Å². The zero-order chi connectivity index (χ0) is 30.5. The lowest BCUT2D eigenvalue weighted by molar-refractivity contribution is -0.142. The Labute approximate surface area is 241 Å². The van der Waals surface area contributed by atoms with Crippen molar-refractivity contribution in [2.24, 2.45) is 5.73 Å². The van der Waals surface area contributed by atoms with E-state index in [0.717, 1.165) is 38.5 Å². The van der Waals surface area contributed by atoms with Crippen molar-refractivity contribution in [2.75, 3.05) is 20.2 Å². The molecule has 1 unspecified atom stereocenters. The van der Waals surface area contributed by atoms with Gasteiger partial charge in [0.15, 0.2) is 0 Å². The van der Waals surface area contributed by atoms with E-state index in [0.29, 0.717) is 44.6 Å². The summed E-state index contributed by atoms with van der Waals surface area (Å²) in [4.78, 5) is 57.9. The van der Waals surface area contributed by atoms with Crippen LogP contribution in [0.4, 0.5) is 0 Å². The molecule has 2 atom stereocenters. The van der Waals surface area contributed by atoms with E-state index in [2.05, 4.69) is 16.0 Å². The molecule has 0 bridgehead atoms. The van der Waals surface area contributed by atoms with Gasteiger partial charge >= 0.3 is 11.9 Å². The van der Waals surface area contributed by atoms with Gasteiger partial charge in [0.25, 0.3) is 0 Å². The topological polar surface area (TPSA) is 197 Å². The number of carboxylic acids is 2. The Hall–Kier alpha value is -3.67. The van der Waals surface area contributed by atoms with Crippen LogP contribution in [-0.4, -0.2) is 72.2 Å². The second-order valence-electron chi connectivity index (χ2n) is 9.97. The normalized spacial score (nSPS) is 12.1. The van der Waals surface area contributed by atoms with E-state index < -0.39 is 24.0 Å². The fourth-order valence-electron chi connectivity index (χ4n) is 4.08. The van der Waals surface area contributed by atoms with Crippen molar-refractivity contribution in [3.05, 3.63) is 29.8 Å². The summed E-state index contributed by atoms with van der Waals surface area (Å²) in [5, 5.41) is 26.0. The first-order valence-electron chi connectivity index (χ1n) is 14.4. The molecule has 0 aromatic heterocycles. The smallest absolute Gasteiger partial charge is 0.335 e. The minimum Gasteiger partial charge on any atom is -0.494 e. The number of carbonyl (C=O) groups is 5. The third-order valence-electron chi connectivity index (χ3n) is 6.56. The summed E-state index contributed by atoms with van der Waals surface area (Å²) in [6.07, 6.45) is 8.54. The van der Waals surface area contributed by atoms with Gasteiger partial charge in [-0.25, -0.2) is 9.59 Å². The second-order valence-corrected chi connectivity index (χ2v) is 9.97. The van der Waals surface area contributed by atoms with E-state index >= 15 is 0 Å². The number of rotatable bonds is 23. The number of likely N-dealkylation sites (N-methyl/N-ethyl adjacent to an activating group) is 1. The summed E-state index contributed by atoms with van der Waals surface area (Å²) in [5.41, 5.74) is 5.94. The Morgan fingerprint density at radius 1 is 0.805 bits per heavy atom. The van der Waals surface area contributed by atoms with Crippen LogP contribution in [0.2, 0.25) is 0 Å². The standard InChI is InChI=1S/C29H46N4O8/c1-31-27(36)23(30)11-8-9-19-32-25(34)18-17-24(29(39)40)33-26(35)12-7-5-3-2-4-6-10-20-41-22-15-13-21(14-16-22)28(37)38/h13-16,23-24H,2-12,17-20,30H2,1H3,(H,31,36)(H,32,34)(H,33,35)(H,37,38)(H,39,40)/t23-,24?/m0/s1. The minimum atomic E-state index is -1.17. The summed E-state index contributed by atoms with van der Waals surface area (Å²) in [7, 11) is 1.52. The molecular formula is C29H46N4O8. The Kier molecular flexibility index (Phi) is 18.2. The maximum absolute atomic E-state index is 12.2. The number of hydrogen-bond donors (Lipinski definition) is 6. The molecule has 0 radical (unpaired) electrons. The minimum absolute atomic E-state index is 0.00576. The van der Waals surface area contributed by atoms with Gasteiger partial charge < -0.3 is 36.6 Å². The van der Waals surface area contributed by atoms with Gasteiger partial charge in [-0.1, -0.05) is 32.1 Å². The summed E-state index contributed by atoms with van der Waals surface area (Å²) in [6.45, 7) is 0.969. The number of ether oxygens (including phenoxy) is 1. The van der Waals surface area contributed by atoms with Gasteiger partial charge in [0.05, 0.1) is 18.2 Å². The van der Waals surface area contributed by atoms with Crippen LogP contribution < -0.4 is 26.4 Å². The van der Waals surface area contributed by atoms with Crippen LogP contribution in [0, 0.1) is 0 Å². The number of benzene rings is 1. The molecule has 0 fully saturated rings. The van der Waals surface area contributed by atoms with Crippen molar-refractivity contribution in [1.82, 2.24) is 16.0 Å². The fraction of sp³-hybridized carbons (Fsp3) is 0.621. The van der Waals surface area contributed by atoms with Crippen LogP contribution in [-0.2, 0) is 19.2 Å². The molecule has 1 rings (SSSR count). The number of unbranched alkanes of at least 4 members (excludes halogenated alkanes) is 7. The average molecular weight is 579 g/mol. The van der Waals surface area contributed by atoms with Gasteiger partial charge in [-0.15, -0.1) is 0 Å². The van der Waals surface area contributed by atoms with Crippen LogP contribution in [0.1, 0.15) is 93.8 Å². The van der Waals surface area contributed by atoms with Gasteiger partial charge in [-0.2, -0.15) is 0 Å². The quantitative estimate of drug-likeness (QED) is 0.106. The number of amides is 3. The highest BCUT2D eigenvalue weighted by atomic mass is 16.5. The lowest BCUT2D eigenvalue weighted by Crippen LogP contribution is -2.41. The van der Waals surface area contributed by atoms with E-state index in [9.17, 15) is 29.1 Å². The van der Waals surface area contributed by atoms with Gasteiger partial charge in [0.2, 0.25) is 17.7 Å². The highest BCUT2D eigenvalue weighted by Crippen LogP contribution is 2.14. The molecule has 12 nitrogen and oxygen atoms in total. The fourth-order valence-corrected chi connectivity index (χ4v) is 4.08. The SMILES string of the molecule is CNC(=O)[C@@H](N)CCCCNC(=O)CCC(NC(=O)CCCCCCCCCOc1ccc(C(=O)O)cc1)C(=O)O. The van der Waals surface area contributed by atoms with Crippen LogP contribution in [0.25, 0.3) is 0 Å². The first-order valence-corrected chi connectivity index (χ1v) is 14.4. The molecule has 12 heteroatoms. The molecule has 0 aliphatic carbocycles. The zero-order valence-corrected chi connectivity index (χ0v) is 24.0. The number of nitrogens with two attached hydrogens (primary N) is 1. The second kappa shape index (κ2) is 21.1. The predicted molar refractivity (Wildman–Crippen MR) is 154 cm³/mol. The summed E-state index contributed by atoms with van der Waals surface area (Å²) in [6, 6.07) is 4.63. The number of carboxylic acid groups (broad SMARTS) is 2. The molecule has 0 heterocycles. The van der Waals surface area contributed by atoms with Crippen molar-refractivity contribution in [1.29, 1.82) is 0 Å². The summed E-state index contributed by atoms with van der Waals surface area (Å²) in [5.74, 6) is -2.34. The Bertz CT molecular complexity index is 955. The lowest BCUT2D eigenvalue weighted by Gasteiger charge is -2.14. The van der Waals surface area contributed by atoms with E-state index in [-0.39, 0.29) is 42.5 Å². The lowest BCUT2D eigenvalue weighted by atomic mass is 10.1. The number of hydrogen-bond acceptors (Lipinski definition) is 7. The van der Waals surface area contributed by atoms with E-state index in [1.807, 2.05) is 0 Å².